The second-order valence-electron chi connectivity index (χ2n) is 13.3. The van der Waals surface area contributed by atoms with E-state index in [1.807, 2.05) is 36.4 Å². The van der Waals surface area contributed by atoms with Gasteiger partial charge in [-0.1, -0.05) is 160 Å². The quantitative estimate of drug-likeness (QED) is 0.163. The summed E-state index contributed by atoms with van der Waals surface area (Å²) in [4.78, 5) is 5.05. The van der Waals surface area contributed by atoms with Crippen LogP contribution in [0.5, 0.6) is 0 Å². The molecule has 2 atom stereocenters. The molecule has 0 aliphatic heterocycles. The van der Waals surface area contributed by atoms with Crippen LogP contribution in [0.2, 0.25) is 0 Å². The molecule has 0 fully saturated rings. The SMILES string of the molecule is CC(C)(C)c1cccc2c1CCC(NCc1nc(-c3ccccc3)c(-c3ccccc3)o1)C2O[Si](c1ccccc1)c1ccccc1. The lowest BCUT2D eigenvalue weighted by molar-refractivity contribution is 0.141. The number of rotatable bonds is 9. The number of aromatic nitrogens is 1. The fraction of sp³-hybridized carbons (Fsp3) is 0.214. The summed E-state index contributed by atoms with van der Waals surface area (Å²) < 4.78 is 13.9. The van der Waals surface area contributed by atoms with Gasteiger partial charge in [0.1, 0.15) is 5.69 Å². The van der Waals surface area contributed by atoms with Crippen molar-refractivity contribution < 1.29 is 8.84 Å². The molecule has 5 aromatic carbocycles. The predicted molar refractivity (Wildman–Crippen MR) is 193 cm³/mol. The van der Waals surface area contributed by atoms with Crippen LogP contribution in [-0.2, 0) is 22.8 Å². The van der Waals surface area contributed by atoms with Crippen LogP contribution in [0.4, 0.5) is 0 Å². The molecule has 6 aromatic rings. The van der Waals surface area contributed by atoms with Gasteiger partial charge in [0.25, 0.3) is 9.04 Å². The van der Waals surface area contributed by atoms with Crippen molar-refractivity contribution in [3.8, 4) is 22.6 Å². The van der Waals surface area contributed by atoms with Gasteiger partial charge >= 0.3 is 0 Å². The van der Waals surface area contributed by atoms with Gasteiger partial charge in [-0.3, -0.25) is 0 Å². The molecule has 5 heteroatoms. The van der Waals surface area contributed by atoms with E-state index >= 15 is 0 Å². The van der Waals surface area contributed by atoms with Crippen molar-refractivity contribution in [2.24, 2.45) is 0 Å². The van der Waals surface area contributed by atoms with Crippen LogP contribution in [-0.4, -0.2) is 20.1 Å². The highest BCUT2D eigenvalue weighted by Crippen LogP contribution is 2.39. The van der Waals surface area contributed by atoms with Crippen LogP contribution in [0.15, 0.2) is 144 Å². The van der Waals surface area contributed by atoms with Gasteiger partial charge in [-0.2, -0.15) is 0 Å². The molecule has 1 N–H and O–H groups in total. The van der Waals surface area contributed by atoms with Gasteiger partial charge < -0.3 is 14.2 Å². The Hall–Kier alpha value is -4.55. The molecule has 0 bridgehead atoms. The van der Waals surface area contributed by atoms with Gasteiger partial charge in [-0.15, -0.1) is 0 Å². The van der Waals surface area contributed by atoms with E-state index in [9.17, 15) is 0 Å². The molecule has 1 aromatic heterocycles. The molecule has 0 saturated carbocycles. The van der Waals surface area contributed by atoms with E-state index in [0.29, 0.717) is 12.4 Å². The minimum absolute atomic E-state index is 0.0442. The molecule has 47 heavy (non-hydrogen) atoms. The number of oxazole rings is 1. The van der Waals surface area contributed by atoms with E-state index < -0.39 is 9.04 Å². The molecule has 4 nitrogen and oxygen atoms in total. The van der Waals surface area contributed by atoms with Crippen molar-refractivity contribution in [3.05, 3.63) is 162 Å². The second-order valence-corrected chi connectivity index (χ2v) is 15.3. The van der Waals surface area contributed by atoms with Crippen molar-refractivity contribution in [2.75, 3.05) is 0 Å². The summed E-state index contributed by atoms with van der Waals surface area (Å²) >= 11 is 0. The first kappa shape index (κ1) is 31.1. The minimum Gasteiger partial charge on any atom is -0.439 e. The molecule has 1 heterocycles. The third kappa shape index (κ3) is 6.79. The first-order valence-electron chi connectivity index (χ1n) is 16.6. The van der Waals surface area contributed by atoms with Crippen LogP contribution in [0.25, 0.3) is 22.6 Å². The van der Waals surface area contributed by atoms with Crippen molar-refractivity contribution >= 4 is 19.4 Å². The maximum Gasteiger partial charge on any atom is 0.283 e. The van der Waals surface area contributed by atoms with Gasteiger partial charge in [-0.25, -0.2) is 4.98 Å². The lowest BCUT2D eigenvalue weighted by Crippen LogP contribution is -2.50. The average molecular weight is 634 g/mol. The Balaban J connectivity index is 1.25. The zero-order valence-corrected chi connectivity index (χ0v) is 28.3. The average Bonchev–Trinajstić information content (AvgIpc) is 3.55. The molecule has 0 spiro atoms. The van der Waals surface area contributed by atoms with Crippen molar-refractivity contribution in [2.45, 2.75) is 57.7 Å². The zero-order chi connectivity index (χ0) is 32.2. The molecule has 2 unspecified atom stereocenters. The summed E-state index contributed by atoms with van der Waals surface area (Å²) in [5, 5.41) is 6.36. The molecule has 1 aliphatic carbocycles. The standard InChI is InChI=1S/C42H41N2O2Si/c1-42(2,3)36-26-16-25-35-34(36)27-28-37(41(35)46-47(32-21-12-6-13-22-32)33-23-14-7-15-24-33)43-29-38-44-39(30-17-8-4-9-18-30)40(45-38)31-19-10-5-11-20-31/h4-26,37,41,43H,27-29H2,1-3H3. The molecular weight excluding hydrogens is 593 g/mol. The first-order valence-corrected chi connectivity index (χ1v) is 18.0. The zero-order valence-electron chi connectivity index (χ0n) is 27.3. The highest BCUT2D eigenvalue weighted by Gasteiger charge is 2.36. The summed E-state index contributed by atoms with van der Waals surface area (Å²) in [7, 11) is -1.56. The Bertz CT molecular complexity index is 1800. The van der Waals surface area contributed by atoms with Gasteiger partial charge in [0.05, 0.1) is 12.6 Å². The normalized spacial score (nSPS) is 16.3. The van der Waals surface area contributed by atoms with Crippen LogP contribution < -0.4 is 15.7 Å². The van der Waals surface area contributed by atoms with Crippen LogP contribution in [0, 0.1) is 0 Å². The highest BCUT2D eigenvalue weighted by molar-refractivity contribution is 6.80. The van der Waals surface area contributed by atoms with E-state index in [0.717, 1.165) is 35.4 Å². The van der Waals surface area contributed by atoms with Gasteiger partial charge in [-0.05, 0) is 45.3 Å². The third-order valence-corrected chi connectivity index (χ3v) is 11.2. The summed E-state index contributed by atoms with van der Waals surface area (Å²) in [6, 6.07) is 48.9. The predicted octanol–water partition coefficient (Wildman–Crippen LogP) is 8.27. The van der Waals surface area contributed by atoms with Crippen molar-refractivity contribution in [3.63, 3.8) is 0 Å². The van der Waals surface area contributed by atoms with Gasteiger partial charge in [0, 0.05) is 17.2 Å². The number of fused-ring (bicyclic) bond motifs is 1. The number of nitrogens with one attached hydrogen (secondary N) is 1. The topological polar surface area (TPSA) is 47.3 Å². The molecule has 1 aliphatic rings. The fourth-order valence-electron chi connectivity index (χ4n) is 6.72. The Morgan fingerprint density at radius 1 is 0.723 bits per heavy atom. The Labute approximate surface area is 280 Å². The first-order chi connectivity index (χ1) is 23.0. The summed E-state index contributed by atoms with van der Waals surface area (Å²) in [5.74, 6) is 1.47. The summed E-state index contributed by atoms with van der Waals surface area (Å²) in [6.45, 7) is 7.43. The molecule has 0 amide bonds. The van der Waals surface area contributed by atoms with Crippen molar-refractivity contribution in [1.82, 2.24) is 10.3 Å². The highest BCUT2D eigenvalue weighted by atomic mass is 28.3. The Morgan fingerprint density at radius 2 is 1.30 bits per heavy atom. The van der Waals surface area contributed by atoms with E-state index in [4.69, 9.17) is 13.8 Å². The molecule has 7 rings (SSSR count). The maximum atomic E-state index is 7.41. The van der Waals surface area contributed by atoms with E-state index in [1.165, 1.54) is 27.1 Å². The summed E-state index contributed by atoms with van der Waals surface area (Å²) in [6.07, 6.45) is 1.82. The maximum absolute atomic E-state index is 7.41. The molecule has 235 valence electrons. The minimum atomic E-state index is -1.56. The van der Waals surface area contributed by atoms with Gasteiger partial charge in [0.2, 0.25) is 5.89 Å². The van der Waals surface area contributed by atoms with Crippen LogP contribution >= 0.6 is 0 Å². The second kappa shape index (κ2) is 13.7. The molecule has 1 radical (unpaired) electrons. The number of nitrogens with zero attached hydrogens (tertiary/aromatic N) is 1. The summed E-state index contributed by atoms with van der Waals surface area (Å²) in [5.41, 5.74) is 7.10. The van der Waals surface area contributed by atoms with E-state index in [1.54, 1.807) is 0 Å². The lowest BCUT2D eigenvalue weighted by Gasteiger charge is -2.38. The number of hydrogen-bond donors (Lipinski definition) is 1. The van der Waals surface area contributed by atoms with Gasteiger partial charge in [0.15, 0.2) is 5.76 Å². The monoisotopic (exact) mass is 633 g/mol. The van der Waals surface area contributed by atoms with E-state index in [2.05, 4.69) is 129 Å². The smallest absolute Gasteiger partial charge is 0.283 e. The lowest BCUT2D eigenvalue weighted by atomic mass is 9.76. The Kier molecular flexibility index (Phi) is 9.03. The fourth-order valence-corrected chi connectivity index (χ4v) is 8.86. The number of benzene rings is 5. The van der Waals surface area contributed by atoms with Crippen molar-refractivity contribution in [1.29, 1.82) is 0 Å². The molecule has 0 saturated heterocycles. The molecular formula is C42H41N2O2Si. The largest absolute Gasteiger partial charge is 0.439 e. The van der Waals surface area contributed by atoms with E-state index in [-0.39, 0.29) is 17.6 Å². The van der Waals surface area contributed by atoms with Crippen LogP contribution in [0.3, 0.4) is 0 Å². The Morgan fingerprint density at radius 3 is 1.89 bits per heavy atom. The number of hydrogen-bond acceptors (Lipinski definition) is 4. The van der Waals surface area contributed by atoms with Crippen LogP contribution in [0.1, 0.15) is 55.9 Å². The third-order valence-electron chi connectivity index (χ3n) is 8.98.